The minimum Gasteiger partial charge on any atom is -0.320 e. The number of nitrogens with zero attached hydrogens (tertiary/aromatic N) is 1. The predicted octanol–water partition coefficient (Wildman–Crippen LogP) is 2.69. The molecule has 0 bridgehead atoms. The third kappa shape index (κ3) is 2.80. The van der Waals surface area contributed by atoms with Crippen LogP contribution in [0, 0.1) is 21.4 Å². The average molecular weight is 354 g/mol. The van der Waals surface area contributed by atoms with Crippen molar-refractivity contribution in [2.75, 3.05) is 18.4 Å². The van der Waals surface area contributed by atoms with Crippen LogP contribution in [-0.2, 0) is 4.79 Å². The van der Waals surface area contributed by atoms with Gasteiger partial charge in [-0.25, -0.2) is 0 Å². The van der Waals surface area contributed by atoms with E-state index in [1.807, 2.05) is 0 Å². The fourth-order valence-electron chi connectivity index (χ4n) is 3.18. The normalized spacial score (nSPS) is 22.8. The van der Waals surface area contributed by atoms with Crippen molar-refractivity contribution in [1.82, 2.24) is 5.32 Å². The van der Waals surface area contributed by atoms with Crippen molar-refractivity contribution in [3.8, 4) is 0 Å². The molecule has 1 heterocycles. The number of nitro groups is 1. The van der Waals surface area contributed by atoms with Crippen LogP contribution in [0.2, 0.25) is 0 Å². The molecule has 1 saturated carbocycles. The molecule has 1 aromatic carbocycles. The zero-order chi connectivity index (χ0) is 15.0. The number of carbonyl (C=O) groups is 1. The maximum absolute atomic E-state index is 12.3. The highest BCUT2D eigenvalue weighted by Crippen LogP contribution is 2.58. The summed E-state index contributed by atoms with van der Waals surface area (Å²) in [4.78, 5) is 22.9. The van der Waals surface area contributed by atoms with Crippen molar-refractivity contribution in [3.05, 3.63) is 32.8 Å². The molecule has 2 N–H and O–H groups in total. The second-order valence-electron chi connectivity index (χ2n) is 5.78. The molecule has 3 rings (SSSR count). The fraction of sp³-hybridized carbons (Fsp3) is 0.500. The highest BCUT2D eigenvalue weighted by Gasteiger charge is 2.57. The maximum Gasteiger partial charge on any atom is 0.293 e. The van der Waals surface area contributed by atoms with E-state index < -0.39 is 4.92 Å². The lowest BCUT2D eigenvalue weighted by molar-refractivity contribution is -0.384. The number of anilines is 1. The molecule has 1 saturated heterocycles. The van der Waals surface area contributed by atoms with Gasteiger partial charge in [0.25, 0.3) is 5.69 Å². The van der Waals surface area contributed by atoms with Crippen LogP contribution in [-0.4, -0.2) is 23.9 Å². The monoisotopic (exact) mass is 353 g/mol. The molecule has 1 aliphatic heterocycles. The van der Waals surface area contributed by atoms with Crippen LogP contribution in [0.4, 0.5) is 11.4 Å². The number of nitro benzene ring substituents is 1. The summed E-state index contributed by atoms with van der Waals surface area (Å²) in [6, 6.07) is 4.66. The van der Waals surface area contributed by atoms with Crippen LogP contribution in [0.25, 0.3) is 0 Å². The lowest BCUT2D eigenvalue weighted by Gasteiger charge is -2.23. The lowest BCUT2D eigenvalue weighted by Crippen LogP contribution is -2.31. The third-order valence-electron chi connectivity index (χ3n) is 4.52. The number of hydrogen-bond donors (Lipinski definition) is 2. The Labute approximate surface area is 130 Å². The summed E-state index contributed by atoms with van der Waals surface area (Å²) in [5.41, 5.74) is 0.307. The molecule has 0 aromatic heterocycles. The van der Waals surface area contributed by atoms with Crippen molar-refractivity contribution in [3.63, 3.8) is 0 Å². The standard InChI is InChI=1S/C14H16BrN3O3/c15-9-1-2-11(12(7-9)18(20)21)17-13(19)10-8-14(10)3-5-16-6-4-14/h1-2,7,10,16H,3-6,8H2,(H,17,19). The molecule has 1 amide bonds. The first-order valence-corrected chi connectivity index (χ1v) is 7.77. The van der Waals surface area contributed by atoms with Crippen molar-refractivity contribution < 1.29 is 9.72 Å². The van der Waals surface area contributed by atoms with E-state index in [-0.39, 0.29) is 28.6 Å². The molecule has 2 fully saturated rings. The largest absolute Gasteiger partial charge is 0.320 e. The van der Waals surface area contributed by atoms with E-state index in [1.165, 1.54) is 6.07 Å². The van der Waals surface area contributed by atoms with Crippen molar-refractivity contribution in [2.24, 2.45) is 11.3 Å². The first kappa shape index (κ1) is 14.5. The van der Waals surface area contributed by atoms with Gasteiger partial charge in [-0.1, -0.05) is 15.9 Å². The molecule has 1 aliphatic carbocycles. The van der Waals surface area contributed by atoms with Crippen LogP contribution >= 0.6 is 15.9 Å². The molecule has 0 radical (unpaired) electrons. The van der Waals surface area contributed by atoms with Crippen molar-refractivity contribution >= 4 is 33.2 Å². The van der Waals surface area contributed by atoms with Gasteiger partial charge in [-0.2, -0.15) is 0 Å². The number of carbonyl (C=O) groups excluding carboxylic acids is 1. The molecule has 7 heteroatoms. The number of benzene rings is 1. The molecule has 1 unspecified atom stereocenters. The molecule has 6 nitrogen and oxygen atoms in total. The molecule has 21 heavy (non-hydrogen) atoms. The summed E-state index contributed by atoms with van der Waals surface area (Å²) in [6.45, 7) is 1.89. The first-order valence-electron chi connectivity index (χ1n) is 6.97. The van der Waals surface area contributed by atoms with Crippen LogP contribution in [0.15, 0.2) is 22.7 Å². The van der Waals surface area contributed by atoms with Crippen LogP contribution in [0.5, 0.6) is 0 Å². The topological polar surface area (TPSA) is 84.3 Å². The van der Waals surface area contributed by atoms with E-state index >= 15 is 0 Å². The van der Waals surface area contributed by atoms with E-state index in [4.69, 9.17) is 0 Å². The van der Waals surface area contributed by atoms with E-state index in [1.54, 1.807) is 12.1 Å². The maximum atomic E-state index is 12.3. The second-order valence-corrected chi connectivity index (χ2v) is 6.69. The lowest BCUT2D eigenvalue weighted by atomic mass is 9.92. The van der Waals surface area contributed by atoms with Gasteiger partial charge in [0.15, 0.2) is 0 Å². The van der Waals surface area contributed by atoms with E-state index in [2.05, 4.69) is 26.6 Å². The Hall–Kier alpha value is -1.47. The van der Waals surface area contributed by atoms with Crippen LogP contribution < -0.4 is 10.6 Å². The fourth-order valence-corrected chi connectivity index (χ4v) is 3.53. The summed E-state index contributed by atoms with van der Waals surface area (Å²) in [5.74, 6) is -0.106. The molecule has 112 valence electrons. The summed E-state index contributed by atoms with van der Waals surface area (Å²) in [5, 5.41) is 17.1. The Kier molecular flexibility index (Phi) is 3.71. The molecular formula is C14H16BrN3O3. The third-order valence-corrected chi connectivity index (χ3v) is 5.01. The molecule has 1 aromatic rings. The van der Waals surface area contributed by atoms with E-state index in [0.29, 0.717) is 4.47 Å². The van der Waals surface area contributed by atoms with Gasteiger partial charge in [0.05, 0.1) is 4.92 Å². The molecule has 1 atom stereocenters. The number of nitrogens with one attached hydrogen (secondary N) is 2. The zero-order valence-corrected chi connectivity index (χ0v) is 13.0. The summed E-state index contributed by atoms with van der Waals surface area (Å²) in [6.07, 6.45) is 2.91. The Balaban J connectivity index is 1.73. The summed E-state index contributed by atoms with van der Waals surface area (Å²) in [7, 11) is 0. The SMILES string of the molecule is O=C(Nc1ccc(Br)cc1[N+](=O)[O-])C1CC12CCNCC2. The quantitative estimate of drug-likeness (QED) is 0.646. The van der Waals surface area contributed by atoms with E-state index in [9.17, 15) is 14.9 Å². The number of hydrogen-bond acceptors (Lipinski definition) is 4. The van der Waals surface area contributed by atoms with Gasteiger partial charge < -0.3 is 10.6 Å². The van der Waals surface area contributed by atoms with Gasteiger partial charge in [-0.15, -0.1) is 0 Å². The van der Waals surface area contributed by atoms with E-state index in [0.717, 1.165) is 32.4 Å². The molecule has 2 aliphatic rings. The molecule has 1 spiro atoms. The number of amides is 1. The second kappa shape index (κ2) is 5.38. The highest BCUT2D eigenvalue weighted by atomic mass is 79.9. The van der Waals surface area contributed by atoms with Gasteiger partial charge in [0.1, 0.15) is 5.69 Å². The van der Waals surface area contributed by atoms with Gasteiger partial charge in [0, 0.05) is 16.5 Å². The van der Waals surface area contributed by atoms with Crippen LogP contribution in [0.1, 0.15) is 19.3 Å². The van der Waals surface area contributed by atoms with Gasteiger partial charge in [0.2, 0.25) is 5.91 Å². The zero-order valence-electron chi connectivity index (χ0n) is 11.4. The summed E-state index contributed by atoms with van der Waals surface area (Å²) >= 11 is 3.21. The Morgan fingerprint density at radius 2 is 2.14 bits per heavy atom. The Morgan fingerprint density at radius 3 is 2.81 bits per heavy atom. The van der Waals surface area contributed by atoms with Crippen LogP contribution in [0.3, 0.4) is 0 Å². The van der Waals surface area contributed by atoms with Gasteiger partial charge in [-0.3, -0.25) is 14.9 Å². The smallest absolute Gasteiger partial charge is 0.293 e. The minimum atomic E-state index is -0.479. The van der Waals surface area contributed by atoms with Crippen molar-refractivity contribution in [1.29, 1.82) is 0 Å². The van der Waals surface area contributed by atoms with Crippen molar-refractivity contribution in [2.45, 2.75) is 19.3 Å². The Bertz CT molecular complexity index is 599. The Morgan fingerprint density at radius 1 is 1.43 bits per heavy atom. The average Bonchev–Trinajstić information content (AvgIpc) is 3.15. The number of piperidine rings is 1. The van der Waals surface area contributed by atoms with Gasteiger partial charge >= 0.3 is 0 Å². The minimum absolute atomic E-state index is 0.0112. The highest BCUT2D eigenvalue weighted by molar-refractivity contribution is 9.10. The summed E-state index contributed by atoms with van der Waals surface area (Å²) < 4.78 is 0.619. The first-order chi connectivity index (χ1) is 10.0. The number of halogens is 1. The number of rotatable bonds is 3. The van der Waals surface area contributed by atoms with Gasteiger partial charge in [-0.05, 0) is 49.9 Å². The predicted molar refractivity (Wildman–Crippen MR) is 82.1 cm³/mol. The molecular weight excluding hydrogens is 338 g/mol.